The number of hydrogen-bond donors (Lipinski definition) is 2. The van der Waals surface area contributed by atoms with Crippen LogP contribution in [0.4, 0.5) is 13.2 Å². The molecular formula is C19H19F3N2O4S. The number of aryl methyl sites for hydroxylation is 1. The second kappa shape index (κ2) is 8.03. The third-order valence-electron chi connectivity index (χ3n) is 4.63. The fourth-order valence-electron chi connectivity index (χ4n) is 3.19. The number of fused-ring (bicyclic) bond motifs is 1. The first-order chi connectivity index (χ1) is 13.6. The van der Waals surface area contributed by atoms with E-state index < -0.39 is 39.2 Å². The lowest BCUT2D eigenvalue weighted by atomic mass is 10.0. The fourth-order valence-corrected chi connectivity index (χ4v) is 4.10. The smallest absolute Gasteiger partial charge is 0.416 e. The summed E-state index contributed by atoms with van der Waals surface area (Å²) in [4.78, 5) is 13.1. The minimum absolute atomic E-state index is 0.444. The quantitative estimate of drug-likeness (QED) is 0.693. The van der Waals surface area contributed by atoms with Crippen LogP contribution < -0.4 is 15.0 Å². The summed E-state index contributed by atoms with van der Waals surface area (Å²) in [5, 5.41) is 0. The number of benzene rings is 2. The molecular weight excluding hydrogens is 409 g/mol. The van der Waals surface area contributed by atoms with Gasteiger partial charge in [-0.2, -0.15) is 13.2 Å². The van der Waals surface area contributed by atoms with Crippen molar-refractivity contribution in [2.24, 2.45) is 0 Å². The number of alkyl halides is 3. The zero-order chi connectivity index (χ0) is 21.2. The number of halogens is 3. The van der Waals surface area contributed by atoms with Crippen molar-refractivity contribution < 1.29 is 31.1 Å². The van der Waals surface area contributed by atoms with Crippen molar-refractivity contribution in [3.05, 3.63) is 58.7 Å². The highest BCUT2D eigenvalue weighted by Crippen LogP contribution is 2.33. The summed E-state index contributed by atoms with van der Waals surface area (Å²) in [5.74, 6) is -0.216. The molecule has 2 N–H and O–H groups in total. The van der Waals surface area contributed by atoms with Gasteiger partial charge in [-0.05, 0) is 67.1 Å². The van der Waals surface area contributed by atoms with Crippen molar-refractivity contribution in [3.8, 4) is 5.75 Å². The molecule has 2 aromatic rings. The molecule has 1 aliphatic rings. The zero-order valence-corrected chi connectivity index (χ0v) is 16.3. The molecule has 0 saturated carbocycles. The molecule has 2 aromatic carbocycles. The van der Waals surface area contributed by atoms with Gasteiger partial charge in [0.1, 0.15) is 5.75 Å². The molecule has 3 rings (SSSR count). The van der Waals surface area contributed by atoms with Crippen LogP contribution in [-0.4, -0.2) is 20.9 Å². The highest BCUT2D eigenvalue weighted by molar-refractivity contribution is 7.89. The van der Waals surface area contributed by atoms with E-state index in [1.54, 1.807) is 10.9 Å². The Hall–Kier alpha value is -2.59. The van der Waals surface area contributed by atoms with Gasteiger partial charge < -0.3 is 4.74 Å². The van der Waals surface area contributed by atoms with Gasteiger partial charge in [0.05, 0.1) is 10.5 Å². The largest absolute Gasteiger partial charge is 0.483 e. The lowest BCUT2D eigenvalue weighted by Crippen LogP contribution is -2.43. The topological polar surface area (TPSA) is 84.5 Å². The first-order valence-corrected chi connectivity index (χ1v) is 10.3. The molecule has 1 aliphatic carbocycles. The van der Waals surface area contributed by atoms with Crippen LogP contribution in [0.5, 0.6) is 5.75 Å². The average Bonchev–Trinajstić information content (AvgIpc) is 3.16. The predicted molar refractivity (Wildman–Crippen MR) is 98.6 cm³/mol. The van der Waals surface area contributed by atoms with Gasteiger partial charge in [-0.25, -0.2) is 8.42 Å². The van der Waals surface area contributed by atoms with E-state index in [4.69, 9.17) is 4.74 Å². The molecule has 0 fully saturated rings. The van der Waals surface area contributed by atoms with Crippen LogP contribution in [0, 0.1) is 6.92 Å². The van der Waals surface area contributed by atoms with E-state index in [1.165, 1.54) is 5.56 Å². The number of ether oxygens (including phenoxy) is 1. The number of carbonyl (C=O) groups is 1. The van der Waals surface area contributed by atoms with Crippen LogP contribution in [0.15, 0.2) is 41.3 Å². The van der Waals surface area contributed by atoms with Gasteiger partial charge in [-0.1, -0.05) is 12.1 Å². The molecule has 0 unspecified atom stereocenters. The Morgan fingerprint density at radius 3 is 2.59 bits per heavy atom. The summed E-state index contributed by atoms with van der Waals surface area (Å²) in [6, 6.07) is 6.87. The Morgan fingerprint density at radius 1 is 1.14 bits per heavy atom. The Bertz CT molecular complexity index is 1040. The predicted octanol–water partition coefficient (Wildman–Crippen LogP) is 2.89. The average molecular weight is 428 g/mol. The highest BCUT2D eigenvalue weighted by Gasteiger charge is 2.31. The third-order valence-corrected chi connectivity index (χ3v) is 5.88. The minimum atomic E-state index is -4.68. The van der Waals surface area contributed by atoms with Crippen LogP contribution in [0.1, 0.15) is 28.7 Å². The summed E-state index contributed by atoms with van der Waals surface area (Å²) in [6.45, 7) is 1.56. The van der Waals surface area contributed by atoms with Gasteiger partial charge in [0, 0.05) is 0 Å². The third kappa shape index (κ3) is 4.88. The lowest BCUT2D eigenvalue weighted by molar-refractivity contribution is -0.137. The molecule has 0 aromatic heterocycles. The van der Waals surface area contributed by atoms with Crippen LogP contribution in [0.3, 0.4) is 0 Å². The SMILES string of the molecule is Cc1ccc(OCC(=O)NNS(=O)(=O)c2cccc(C(F)(F)F)c2)c2c1CCC2. The molecule has 156 valence electrons. The highest BCUT2D eigenvalue weighted by atomic mass is 32.2. The number of carbonyl (C=O) groups excluding carboxylic acids is 1. The maximum absolute atomic E-state index is 12.7. The van der Waals surface area contributed by atoms with Crippen molar-refractivity contribution in [1.29, 1.82) is 0 Å². The van der Waals surface area contributed by atoms with Gasteiger partial charge >= 0.3 is 6.18 Å². The molecule has 0 saturated heterocycles. The lowest BCUT2D eigenvalue weighted by Gasteiger charge is -2.13. The van der Waals surface area contributed by atoms with Crippen molar-refractivity contribution in [3.63, 3.8) is 0 Å². The van der Waals surface area contributed by atoms with Gasteiger partial charge in [-0.3, -0.25) is 10.2 Å². The number of nitrogens with one attached hydrogen (secondary N) is 2. The van der Waals surface area contributed by atoms with E-state index in [0.717, 1.165) is 48.6 Å². The van der Waals surface area contributed by atoms with Gasteiger partial charge in [-0.15, -0.1) is 4.83 Å². The van der Waals surface area contributed by atoms with E-state index in [1.807, 2.05) is 18.4 Å². The molecule has 0 atom stereocenters. The maximum Gasteiger partial charge on any atom is 0.416 e. The number of hydrazine groups is 1. The summed E-state index contributed by atoms with van der Waals surface area (Å²) < 4.78 is 68.0. The first kappa shape index (κ1) is 21.1. The van der Waals surface area contributed by atoms with Gasteiger partial charge in [0.25, 0.3) is 15.9 Å². The van der Waals surface area contributed by atoms with E-state index in [2.05, 4.69) is 0 Å². The molecule has 10 heteroatoms. The van der Waals surface area contributed by atoms with E-state index in [0.29, 0.717) is 11.8 Å². The van der Waals surface area contributed by atoms with Crippen molar-refractivity contribution >= 4 is 15.9 Å². The molecule has 0 spiro atoms. The minimum Gasteiger partial charge on any atom is -0.483 e. The second-order valence-corrected chi connectivity index (χ2v) is 8.34. The Labute approximate surface area is 166 Å². The number of amides is 1. The Kier molecular flexibility index (Phi) is 5.85. The van der Waals surface area contributed by atoms with Crippen LogP contribution in [-0.2, 0) is 33.8 Å². The van der Waals surface area contributed by atoms with Crippen LogP contribution in [0.2, 0.25) is 0 Å². The Morgan fingerprint density at radius 2 is 1.86 bits per heavy atom. The number of rotatable bonds is 6. The Balaban J connectivity index is 1.60. The molecule has 6 nitrogen and oxygen atoms in total. The number of hydrogen-bond acceptors (Lipinski definition) is 4. The molecule has 29 heavy (non-hydrogen) atoms. The number of sulfonamides is 1. The van der Waals surface area contributed by atoms with Crippen LogP contribution in [0.25, 0.3) is 0 Å². The van der Waals surface area contributed by atoms with Gasteiger partial charge in [0.2, 0.25) is 0 Å². The van der Waals surface area contributed by atoms with Gasteiger partial charge in [0.15, 0.2) is 6.61 Å². The molecule has 0 heterocycles. The molecule has 1 amide bonds. The van der Waals surface area contributed by atoms with Crippen molar-refractivity contribution in [2.45, 2.75) is 37.3 Å². The maximum atomic E-state index is 12.7. The summed E-state index contributed by atoms with van der Waals surface area (Å²) in [6.07, 6.45) is -1.89. The van der Waals surface area contributed by atoms with Crippen LogP contribution >= 0.6 is 0 Å². The van der Waals surface area contributed by atoms with Crippen molar-refractivity contribution in [2.75, 3.05) is 6.61 Å². The molecule has 0 aliphatic heterocycles. The first-order valence-electron chi connectivity index (χ1n) is 8.80. The summed E-state index contributed by atoms with van der Waals surface area (Å²) in [5.41, 5.74) is 4.24. The standard InChI is InChI=1S/C19H19F3N2O4S/c1-12-8-9-17(16-7-3-6-15(12)16)28-11-18(25)23-24-29(26,27)14-5-2-4-13(10-14)19(20,21)22/h2,4-5,8-10,24H,3,6-7,11H2,1H3,(H,23,25). The second-order valence-electron chi connectivity index (χ2n) is 6.66. The zero-order valence-electron chi connectivity index (χ0n) is 15.5. The summed E-state index contributed by atoms with van der Waals surface area (Å²) in [7, 11) is -4.37. The summed E-state index contributed by atoms with van der Waals surface area (Å²) >= 11 is 0. The molecule has 0 bridgehead atoms. The monoisotopic (exact) mass is 428 g/mol. The normalized spacial score (nSPS) is 13.8. The molecule has 0 radical (unpaired) electrons. The van der Waals surface area contributed by atoms with E-state index in [9.17, 15) is 26.4 Å². The fraction of sp³-hybridized carbons (Fsp3) is 0.316. The van der Waals surface area contributed by atoms with E-state index in [-0.39, 0.29) is 0 Å². The van der Waals surface area contributed by atoms with E-state index >= 15 is 0 Å². The van der Waals surface area contributed by atoms with Crippen molar-refractivity contribution in [1.82, 2.24) is 10.3 Å².